The highest BCUT2D eigenvalue weighted by Crippen LogP contribution is 2.42. The number of cyclic esters (lactones) is 1. The number of carbonyl (C=O) groups excluding carboxylic acids is 1. The molecule has 0 aliphatic carbocycles. The number of benzene rings is 2. The van der Waals surface area contributed by atoms with E-state index in [4.69, 9.17) is 14.2 Å². The second kappa shape index (κ2) is 8.08. The molecule has 2 aromatic heterocycles. The fourth-order valence-electron chi connectivity index (χ4n) is 4.29. The Morgan fingerprint density at radius 2 is 1.91 bits per heavy atom. The van der Waals surface area contributed by atoms with Crippen molar-refractivity contribution in [2.24, 2.45) is 7.05 Å². The summed E-state index contributed by atoms with van der Waals surface area (Å²) in [6, 6.07) is 11.6. The van der Waals surface area contributed by atoms with E-state index in [1.54, 1.807) is 50.3 Å². The van der Waals surface area contributed by atoms with Crippen LogP contribution in [-0.4, -0.2) is 42.0 Å². The van der Waals surface area contributed by atoms with E-state index in [1.165, 1.54) is 0 Å². The summed E-state index contributed by atoms with van der Waals surface area (Å²) in [6.07, 6.45) is 3.37. The monoisotopic (exact) mass is 455 g/mol. The zero-order valence-corrected chi connectivity index (χ0v) is 19.1. The quantitative estimate of drug-likeness (QED) is 0.417. The summed E-state index contributed by atoms with van der Waals surface area (Å²) in [7, 11) is 6.72. The van der Waals surface area contributed by atoms with Crippen LogP contribution < -0.4 is 14.4 Å². The van der Waals surface area contributed by atoms with Crippen molar-refractivity contribution in [2.45, 2.75) is 6.61 Å². The molecule has 0 saturated carbocycles. The molecule has 3 heterocycles. The number of methoxy groups -OCH3 is 2. The van der Waals surface area contributed by atoms with Gasteiger partial charge in [0.2, 0.25) is 0 Å². The molecule has 0 saturated heterocycles. The Morgan fingerprint density at radius 1 is 1.15 bits per heavy atom. The molecule has 0 radical (unpaired) electrons. The van der Waals surface area contributed by atoms with Gasteiger partial charge in [0.05, 0.1) is 19.8 Å². The van der Waals surface area contributed by atoms with Gasteiger partial charge in [-0.15, -0.1) is 0 Å². The second-order valence-electron chi connectivity index (χ2n) is 7.91. The number of aryl methyl sites for hydroxylation is 1. The molecule has 5 rings (SSSR count). The fourth-order valence-corrected chi connectivity index (χ4v) is 4.29. The van der Waals surface area contributed by atoms with Crippen LogP contribution in [0.15, 0.2) is 42.7 Å². The van der Waals surface area contributed by atoms with Crippen molar-refractivity contribution >= 4 is 28.4 Å². The lowest BCUT2D eigenvalue weighted by atomic mass is 9.91. The van der Waals surface area contributed by atoms with Crippen molar-refractivity contribution in [3.63, 3.8) is 0 Å². The van der Waals surface area contributed by atoms with E-state index in [0.717, 1.165) is 27.5 Å². The maximum absolute atomic E-state index is 12.7. The number of hydrogen-bond donors (Lipinski definition) is 0. The van der Waals surface area contributed by atoms with E-state index in [2.05, 4.69) is 16.2 Å². The molecule has 0 amide bonds. The minimum absolute atomic E-state index is 0.219. The molecule has 2 aromatic carbocycles. The highest BCUT2D eigenvalue weighted by Gasteiger charge is 2.28. The van der Waals surface area contributed by atoms with E-state index in [9.17, 15) is 10.1 Å². The van der Waals surface area contributed by atoms with Crippen molar-refractivity contribution in [3.05, 3.63) is 59.4 Å². The Morgan fingerprint density at radius 3 is 2.59 bits per heavy atom. The lowest BCUT2D eigenvalue weighted by Gasteiger charge is -2.17. The average molecular weight is 455 g/mol. The molecule has 9 nitrogen and oxygen atoms in total. The summed E-state index contributed by atoms with van der Waals surface area (Å²) in [6.45, 7) is 0.219. The van der Waals surface area contributed by atoms with Gasteiger partial charge in [0, 0.05) is 43.2 Å². The van der Waals surface area contributed by atoms with Crippen LogP contribution >= 0.6 is 0 Å². The van der Waals surface area contributed by atoms with E-state index in [-0.39, 0.29) is 12.6 Å². The number of pyridine rings is 1. The first-order valence-electron chi connectivity index (χ1n) is 10.5. The molecule has 4 aromatic rings. The van der Waals surface area contributed by atoms with Crippen molar-refractivity contribution in [2.75, 3.05) is 26.2 Å². The van der Waals surface area contributed by atoms with Crippen LogP contribution in [0.3, 0.4) is 0 Å². The van der Waals surface area contributed by atoms with E-state index in [0.29, 0.717) is 34.3 Å². The normalized spacial score (nSPS) is 12.3. The van der Waals surface area contributed by atoms with Gasteiger partial charge in [0.25, 0.3) is 0 Å². The van der Waals surface area contributed by atoms with Crippen LogP contribution in [0.2, 0.25) is 0 Å². The Labute approximate surface area is 195 Å². The molecule has 1 aliphatic heterocycles. The third-order valence-corrected chi connectivity index (χ3v) is 5.92. The van der Waals surface area contributed by atoms with Gasteiger partial charge in [-0.2, -0.15) is 10.4 Å². The van der Waals surface area contributed by atoms with Crippen LogP contribution in [-0.2, 0) is 18.4 Å². The van der Waals surface area contributed by atoms with Crippen molar-refractivity contribution < 1.29 is 19.0 Å². The standard InChI is InChI=1S/C25H21N5O4/c1-29-12-17(10-26)24(28-29)30(2)21-6-5-14(11-27-21)22-18-9-20(33-4)19(32-3)8-15(18)7-16-13-34-25(31)23(16)22/h5-9,11-12H,13H2,1-4H3. The summed E-state index contributed by atoms with van der Waals surface area (Å²) in [5.41, 5.74) is 3.28. The van der Waals surface area contributed by atoms with Gasteiger partial charge in [0.1, 0.15) is 24.1 Å². The highest BCUT2D eigenvalue weighted by molar-refractivity contribution is 6.11. The zero-order chi connectivity index (χ0) is 24.0. The number of fused-ring (bicyclic) bond motifs is 2. The Kier molecular flexibility index (Phi) is 5.06. The number of nitriles is 1. The van der Waals surface area contributed by atoms with Crippen LogP contribution in [0.5, 0.6) is 11.5 Å². The number of anilines is 2. The third kappa shape index (κ3) is 3.28. The molecule has 0 atom stereocenters. The van der Waals surface area contributed by atoms with Crippen molar-refractivity contribution in [1.82, 2.24) is 14.8 Å². The number of hydrogen-bond acceptors (Lipinski definition) is 8. The van der Waals surface area contributed by atoms with E-state index >= 15 is 0 Å². The summed E-state index contributed by atoms with van der Waals surface area (Å²) < 4.78 is 17.9. The molecule has 1 aliphatic rings. The number of rotatable bonds is 5. The topological polar surface area (TPSA) is 103 Å². The third-order valence-electron chi connectivity index (χ3n) is 5.92. The largest absolute Gasteiger partial charge is 0.493 e. The lowest BCUT2D eigenvalue weighted by molar-refractivity contribution is 0.0535. The number of carbonyl (C=O) groups is 1. The SMILES string of the molecule is COc1cc2cc3c(c(-c4ccc(N(C)c5nn(C)cc5C#N)nc4)c2cc1OC)C(=O)OC3. The zero-order valence-electron chi connectivity index (χ0n) is 19.1. The number of ether oxygens (including phenoxy) is 3. The van der Waals surface area contributed by atoms with Crippen LogP contribution in [0.25, 0.3) is 21.9 Å². The Bertz CT molecular complexity index is 1480. The average Bonchev–Trinajstić information content (AvgIpc) is 3.43. The molecule has 170 valence electrons. The molecular weight excluding hydrogens is 434 g/mol. The van der Waals surface area contributed by atoms with Crippen molar-refractivity contribution in [3.8, 4) is 28.7 Å². The molecule has 34 heavy (non-hydrogen) atoms. The summed E-state index contributed by atoms with van der Waals surface area (Å²) in [5, 5.41) is 15.5. The summed E-state index contributed by atoms with van der Waals surface area (Å²) in [5.74, 6) is 1.92. The molecule has 0 N–H and O–H groups in total. The van der Waals surface area contributed by atoms with Gasteiger partial charge in [0.15, 0.2) is 17.3 Å². The number of esters is 1. The predicted molar refractivity (Wildman–Crippen MR) is 125 cm³/mol. The van der Waals surface area contributed by atoms with Crippen LogP contribution in [0.4, 0.5) is 11.6 Å². The minimum atomic E-state index is -0.366. The first-order chi connectivity index (χ1) is 16.4. The first kappa shape index (κ1) is 21.3. The minimum Gasteiger partial charge on any atom is -0.493 e. The highest BCUT2D eigenvalue weighted by atomic mass is 16.5. The predicted octanol–water partition coefficient (Wildman–Crippen LogP) is 3.96. The Hall–Kier alpha value is -4.58. The second-order valence-corrected chi connectivity index (χ2v) is 7.91. The van der Waals surface area contributed by atoms with Gasteiger partial charge in [-0.25, -0.2) is 9.78 Å². The van der Waals surface area contributed by atoms with Gasteiger partial charge < -0.3 is 19.1 Å². The molecule has 0 bridgehead atoms. The van der Waals surface area contributed by atoms with Crippen LogP contribution in [0.1, 0.15) is 21.5 Å². The molecule has 9 heteroatoms. The maximum Gasteiger partial charge on any atom is 0.339 e. The summed E-state index contributed by atoms with van der Waals surface area (Å²) in [4.78, 5) is 19.0. The van der Waals surface area contributed by atoms with Gasteiger partial charge in [-0.1, -0.05) is 0 Å². The van der Waals surface area contributed by atoms with E-state index in [1.807, 2.05) is 30.3 Å². The van der Waals surface area contributed by atoms with Crippen LogP contribution in [0, 0.1) is 11.3 Å². The van der Waals surface area contributed by atoms with Gasteiger partial charge >= 0.3 is 5.97 Å². The molecule has 0 spiro atoms. The van der Waals surface area contributed by atoms with Crippen molar-refractivity contribution in [1.29, 1.82) is 5.26 Å². The first-order valence-corrected chi connectivity index (χ1v) is 10.5. The van der Waals surface area contributed by atoms with E-state index < -0.39 is 0 Å². The number of aromatic nitrogens is 3. The molecular formula is C25H21N5O4. The number of nitrogens with zero attached hydrogens (tertiary/aromatic N) is 5. The smallest absolute Gasteiger partial charge is 0.339 e. The summed E-state index contributed by atoms with van der Waals surface area (Å²) >= 11 is 0. The maximum atomic E-state index is 12.7. The fraction of sp³-hybridized carbons (Fsp3) is 0.200. The molecule has 0 fully saturated rings. The van der Waals surface area contributed by atoms with Gasteiger partial charge in [-0.05, 0) is 41.1 Å². The van der Waals surface area contributed by atoms with Gasteiger partial charge in [-0.3, -0.25) is 4.68 Å². The molecule has 0 unspecified atom stereocenters. The Balaban J connectivity index is 1.66. The lowest BCUT2D eigenvalue weighted by Crippen LogP contribution is -2.13.